The molecular formula is C11H10N2O4S2. The van der Waals surface area contributed by atoms with Crippen LogP contribution in [-0.4, -0.2) is 31.5 Å². The number of hydrogen-bond acceptors (Lipinski definition) is 5. The van der Waals surface area contributed by atoms with E-state index >= 15 is 0 Å². The number of rotatable bonds is 4. The molecule has 6 nitrogen and oxygen atoms in total. The SMILES string of the molecule is CN(c1ccccn1)S(=O)(=O)c1csc(C(=O)O)c1. The van der Waals surface area contributed by atoms with Crippen molar-refractivity contribution in [3.05, 3.63) is 40.7 Å². The van der Waals surface area contributed by atoms with Gasteiger partial charge in [0.25, 0.3) is 10.0 Å². The molecule has 0 aliphatic rings. The predicted molar refractivity (Wildman–Crippen MR) is 71.1 cm³/mol. The summed E-state index contributed by atoms with van der Waals surface area (Å²) in [5, 5.41) is 10.1. The third-order valence-electron chi connectivity index (χ3n) is 2.42. The van der Waals surface area contributed by atoms with Gasteiger partial charge < -0.3 is 5.11 Å². The largest absolute Gasteiger partial charge is 0.477 e. The summed E-state index contributed by atoms with van der Waals surface area (Å²) in [5.41, 5.74) is 0. The van der Waals surface area contributed by atoms with E-state index in [4.69, 9.17) is 5.11 Å². The van der Waals surface area contributed by atoms with Crippen LogP contribution in [0.4, 0.5) is 5.82 Å². The third-order valence-corrected chi connectivity index (χ3v) is 5.22. The normalized spacial score (nSPS) is 11.2. The molecule has 0 saturated carbocycles. The van der Waals surface area contributed by atoms with Gasteiger partial charge in [0.15, 0.2) is 0 Å². The molecular weight excluding hydrogens is 288 g/mol. The zero-order valence-corrected chi connectivity index (χ0v) is 11.5. The number of pyridine rings is 1. The van der Waals surface area contributed by atoms with Gasteiger partial charge in [-0.2, -0.15) is 0 Å². The standard InChI is InChI=1S/C11H10N2O4S2/c1-13(10-4-2-3-5-12-10)19(16,17)8-6-9(11(14)15)18-7-8/h2-7H,1H3,(H,14,15). The Hall–Kier alpha value is -1.93. The molecule has 0 aliphatic heterocycles. The lowest BCUT2D eigenvalue weighted by Crippen LogP contribution is -2.26. The summed E-state index contributed by atoms with van der Waals surface area (Å²) in [6.45, 7) is 0. The van der Waals surface area contributed by atoms with Crippen molar-refractivity contribution in [2.24, 2.45) is 0 Å². The Morgan fingerprint density at radius 3 is 2.68 bits per heavy atom. The van der Waals surface area contributed by atoms with Gasteiger partial charge in [0.1, 0.15) is 10.7 Å². The van der Waals surface area contributed by atoms with Crippen LogP contribution in [0.2, 0.25) is 0 Å². The fourth-order valence-corrected chi connectivity index (χ4v) is 3.64. The van der Waals surface area contributed by atoms with Gasteiger partial charge in [0.2, 0.25) is 0 Å². The highest BCUT2D eigenvalue weighted by Gasteiger charge is 2.24. The number of carboxylic acids is 1. The van der Waals surface area contributed by atoms with E-state index < -0.39 is 16.0 Å². The van der Waals surface area contributed by atoms with Crippen LogP contribution < -0.4 is 4.31 Å². The molecule has 1 N–H and O–H groups in total. The molecule has 0 amide bonds. The number of aromatic carboxylic acids is 1. The van der Waals surface area contributed by atoms with Gasteiger partial charge in [-0.15, -0.1) is 11.3 Å². The van der Waals surface area contributed by atoms with Gasteiger partial charge >= 0.3 is 5.97 Å². The van der Waals surface area contributed by atoms with Crippen LogP contribution >= 0.6 is 11.3 Å². The fraction of sp³-hybridized carbons (Fsp3) is 0.0909. The Labute approximate surface area is 114 Å². The summed E-state index contributed by atoms with van der Waals surface area (Å²) >= 11 is 0.871. The monoisotopic (exact) mass is 298 g/mol. The molecule has 0 aromatic carbocycles. The van der Waals surface area contributed by atoms with Crippen molar-refractivity contribution < 1.29 is 18.3 Å². The van der Waals surface area contributed by atoms with E-state index in [0.717, 1.165) is 21.7 Å². The molecule has 0 radical (unpaired) electrons. The molecule has 0 saturated heterocycles. The van der Waals surface area contributed by atoms with Gasteiger partial charge in [-0.3, -0.25) is 4.31 Å². The Morgan fingerprint density at radius 2 is 2.16 bits per heavy atom. The molecule has 0 bridgehead atoms. The highest BCUT2D eigenvalue weighted by Crippen LogP contribution is 2.24. The van der Waals surface area contributed by atoms with E-state index in [1.165, 1.54) is 18.6 Å². The maximum absolute atomic E-state index is 12.3. The maximum atomic E-state index is 12.3. The van der Waals surface area contributed by atoms with E-state index in [9.17, 15) is 13.2 Å². The van der Waals surface area contributed by atoms with Crippen LogP contribution in [0.15, 0.2) is 40.7 Å². The van der Waals surface area contributed by atoms with Gasteiger partial charge in [0.05, 0.1) is 4.90 Å². The van der Waals surface area contributed by atoms with Crippen molar-refractivity contribution in [3.8, 4) is 0 Å². The summed E-state index contributed by atoms with van der Waals surface area (Å²) in [6.07, 6.45) is 1.48. The van der Waals surface area contributed by atoms with Crippen molar-refractivity contribution in [2.75, 3.05) is 11.4 Å². The molecule has 19 heavy (non-hydrogen) atoms. The number of hydrogen-bond donors (Lipinski definition) is 1. The van der Waals surface area contributed by atoms with Gasteiger partial charge in [-0.1, -0.05) is 6.07 Å². The highest BCUT2D eigenvalue weighted by atomic mass is 32.2. The lowest BCUT2D eigenvalue weighted by atomic mass is 10.5. The van der Waals surface area contributed by atoms with Gasteiger partial charge in [0, 0.05) is 18.6 Å². The first-order valence-electron chi connectivity index (χ1n) is 5.14. The lowest BCUT2D eigenvalue weighted by Gasteiger charge is -2.17. The van der Waals surface area contributed by atoms with Gasteiger partial charge in [-0.05, 0) is 18.2 Å². The summed E-state index contributed by atoms with van der Waals surface area (Å²) in [5.74, 6) is -0.877. The van der Waals surface area contributed by atoms with Crippen molar-refractivity contribution in [1.82, 2.24) is 4.98 Å². The average Bonchev–Trinajstić information content (AvgIpc) is 2.89. The fourth-order valence-electron chi connectivity index (χ4n) is 1.39. The molecule has 2 heterocycles. The number of thiophene rings is 1. The van der Waals surface area contributed by atoms with Crippen molar-refractivity contribution in [2.45, 2.75) is 4.90 Å². The first kappa shape index (κ1) is 13.5. The van der Waals surface area contributed by atoms with Gasteiger partial charge in [-0.25, -0.2) is 18.2 Å². The number of anilines is 1. The smallest absolute Gasteiger partial charge is 0.345 e. The number of sulfonamides is 1. The van der Waals surface area contributed by atoms with Crippen LogP contribution in [0, 0.1) is 0 Å². The molecule has 0 aliphatic carbocycles. The zero-order chi connectivity index (χ0) is 14.0. The summed E-state index contributed by atoms with van der Waals surface area (Å²) in [7, 11) is -2.42. The number of carboxylic acid groups (broad SMARTS) is 1. The Morgan fingerprint density at radius 1 is 1.42 bits per heavy atom. The minimum absolute atomic E-state index is 0.0204. The second-order valence-electron chi connectivity index (χ2n) is 3.61. The molecule has 100 valence electrons. The first-order chi connectivity index (χ1) is 8.93. The minimum atomic E-state index is -3.79. The highest BCUT2D eigenvalue weighted by molar-refractivity contribution is 7.93. The van der Waals surface area contributed by atoms with Crippen molar-refractivity contribution >= 4 is 33.1 Å². The summed E-state index contributed by atoms with van der Waals surface area (Å²) in [6, 6.07) is 6.05. The quantitative estimate of drug-likeness (QED) is 0.927. The topological polar surface area (TPSA) is 87.6 Å². The maximum Gasteiger partial charge on any atom is 0.345 e. The Balaban J connectivity index is 2.39. The van der Waals surface area contributed by atoms with Crippen LogP contribution in [0.5, 0.6) is 0 Å². The average molecular weight is 298 g/mol. The molecule has 2 aromatic rings. The van der Waals surface area contributed by atoms with Crippen LogP contribution in [0.3, 0.4) is 0 Å². The van der Waals surface area contributed by atoms with Crippen molar-refractivity contribution in [3.63, 3.8) is 0 Å². The zero-order valence-electron chi connectivity index (χ0n) is 9.85. The minimum Gasteiger partial charge on any atom is -0.477 e. The molecule has 0 unspecified atom stereocenters. The van der Waals surface area contributed by atoms with Crippen LogP contribution in [0.25, 0.3) is 0 Å². The predicted octanol–water partition coefficient (Wildman–Crippen LogP) is 1.67. The number of carbonyl (C=O) groups is 1. The van der Waals surface area contributed by atoms with E-state index in [1.807, 2.05) is 0 Å². The first-order valence-corrected chi connectivity index (χ1v) is 7.46. The second-order valence-corrected chi connectivity index (χ2v) is 6.49. The summed E-state index contributed by atoms with van der Waals surface area (Å²) in [4.78, 5) is 14.6. The molecule has 2 rings (SSSR count). The molecule has 0 atom stereocenters. The van der Waals surface area contributed by atoms with Crippen LogP contribution in [-0.2, 0) is 10.0 Å². The van der Waals surface area contributed by atoms with E-state index in [0.29, 0.717) is 0 Å². The molecule has 0 spiro atoms. The third kappa shape index (κ3) is 2.59. The van der Waals surface area contributed by atoms with E-state index in [1.54, 1.807) is 18.2 Å². The number of aromatic nitrogens is 1. The second kappa shape index (κ2) is 4.98. The van der Waals surface area contributed by atoms with Crippen LogP contribution in [0.1, 0.15) is 9.67 Å². The Bertz CT molecular complexity index is 694. The number of nitrogens with zero attached hydrogens (tertiary/aromatic N) is 2. The van der Waals surface area contributed by atoms with Crippen molar-refractivity contribution in [1.29, 1.82) is 0 Å². The Kier molecular flexibility index (Phi) is 3.54. The molecule has 0 fully saturated rings. The lowest BCUT2D eigenvalue weighted by molar-refractivity contribution is 0.0702. The van der Waals surface area contributed by atoms with E-state index in [-0.39, 0.29) is 15.6 Å². The molecule has 8 heteroatoms. The van der Waals surface area contributed by atoms with E-state index in [2.05, 4.69) is 4.98 Å². The molecule has 2 aromatic heterocycles. The summed E-state index contributed by atoms with van der Waals surface area (Å²) < 4.78 is 25.6.